The molecule has 1 rings (SSSR count). The molecule has 66 heavy (non-hydrogen) atoms. The van der Waals surface area contributed by atoms with Crippen LogP contribution in [-0.2, 0) is 14.3 Å². The van der Waals surface area contributed by atoms with Gasteiger partial charge in [0.05, 0.1) is 25.4 Å². The third kappa shape index (κ3) is 33.2. The van der Waals surface area contributed by atoms with Crippen molar-refractivity contribution in [3.05, 3.63) is 24.3 Å². The lowest BCUT2D eigenvalue weighted by Crippen LogP contribution is -2.60. The molecule has 0 saturated carbocycles. The van der Waals surface area contributed by atoms with Gasteiger partial charge in [0.2, 0.25) is 5.91 Å². The lowest BCUT2D eigenvalue weighted by atomic mass is 9.98. The molecule has 11 nitrogen and oxygen atoms in total. The first-order chi connectivity index (χ1) is 32.2. The molecule has 0 aromatic heterocycles. The van der Waals surface area contributed by atoms with Crippen LogP contribution < -0.4 is 5.32 Å². The van der Waals surface area contributed by atoms with Crippen LogP contribution in [0.2, 0.25) is 0 Å². The Labute approximate surface area is 404 Å². The highest BCUT2D eigenvalue weighted by atomic mass is 16.7. The van der Waals surface area contributed by atoms with E-state index in [2.05, 4.69) is 43.5 Å². The fourth-order valence-electron chi connectivity index (χ4n) is 8.94. The summed E-state index contributed by atoms with van der Waals surface area (Å²) < 4.78 is 11.1. The Morgan fingerprint density at radius 3 is 1.35 bits per heavy atom. The molecule has 0 spiro atoms. The molecular weight excluding hydrogens is 835 g/mol. The normalized spacial score (nSPS) is 20.9. The number of nitrogens with one attached hydrogen (secondary N) is 1. The summed E-state index contributed by atoms with van der Waals surface area (Å²) >= 11 is 0. The standard InChI is InChI=1S/C55H105NO10/c1-3-5-7-9-11-13-15-16-17-18-19-20-21-22-23-24-25-26-27-28-29-30-31-33-35-37-39-41-43-48(59)54(64)56-46(45-65-55-53(63)52(62)51(61)49(44-57)66-55)50(60)47(58)42-40-38-36-34-32-14-12-10-8-6-4-2/h19-20,22-23,46-53,55,57-63H,3-18,21,24-45H2,1-2H3,(H,56,64)/b20-19-,23-22-. The number of unbranched alkanes of at least 4 members (excludes halogenated alkanes) is 31. The van der Waals surface area contributed by atoms with Crippen molar-refractivity contribution in [3.63, 3.8) is 0 Å². The lowest BCUT2D eigenvalue weighted by molar-refractivity contribution is -0.303. The minimum atomic E-state index is -1.66. The Hall–Kier alpha value is -1.41. The van der Waals surface area contributed by atoms with Crippen molar-refractivity contribution in [1.82, 2.24) is 5.32 Å². The predicted molar refractivity (Wildman–Crippen MR) is 270 cm³/mol. The van der Waals surface area contributed by atoms with E-state index in [1.165, 1.54) is 167 Å². The monoisotopic (exact) mass is 940 g/mol. The number of carbonyl (C=O) groups is 1. The zero-order valence-corrected chi connectivity index (χ0v) is 42.4. The first kappa shape index (κ1) is 62.6. The molecule has 9 unspecified atom stereocenters. The van der Waals surface area contributed by atoms with Crippen LogP contribution in [-0.4, -0.2) is 110 Å². The van der Waals surface area contributed by atoms with Gasteiger partial charge in [0, 0.05) is 0 Å². The number of allylic oxidation sites excluding steroid dienone is 4. The molecule has 1 aliphatic rings. The van der Waals surface area contributed by atoms with Gasteiger partial charge in [-0.05, 0) is 44.9 Å². The van der Waals surface area contributed by atoms with Crippen molar-refractivity contribution >= 4 is 5.91 Å². The first-order valence-electron chi connectivity index (χ1n) is 27.7. The first-order valence-corrected chi connectivity index (χ1v) is 27.7. The van der Waals surface area contributed by atoms with Gasteiger partial charge >= 0.3 is 0 Å². The molecule has 390 valence electrons. The minimum absolute atomic E-state index is 0.260. The van der Waals surface area contributed by atoms with E-state index in [0.717, 1.165) is 44.9 Å². The Balaban J connectivity index is 2.25. The summed E-state index contributed by atoms with van der Waals surface area (Å²) in [5, 5.41) is 75.8. The molecular formula is C55H105NO10. The third-order valence-electron chi connectivity index (χ3n) is 13.5. The summed E-state index contributed by atoms with van der Waals surface area (Å²) in [4.78, 5) is 13.1. The summed E-state index contributed by atoms with van der Waals surface area (Å²) in [5.74, 6) is -0.697. The second-order valence-corrected chi connectivity index (χ2v) is 19.7. The Morgan fingerprint density at radius 1 is 0.530 bits per heavy atom. The van der Waals surface area contributed by atoms with Gasteiger partial charge < -0.3 is 50.5 Å². The van der Waals surface area contributed by atoms with Crippen LogP contribution in [0.25, 0.3) is 0 Å². The number of hydrogen-bond acceptors (Lipinski definition) is 10. The van der Waals surface area contributed by atoms with E-state index in [9.17, 15) is 40.5 Å². The highest BCUT2D eigenvalue weighted by Crippen LogP contribution is 2.23. The van der Waals surface area contributed by atoms with E-state index in [-0.39, 0.29) is 6.42 Å². The summed E-state index contributed by atoms with van der Waals surface area (Å²) in [7, 11) is 0. The molecule has 11 heteroatoms. The van der Waals surface area contributed by atoms with E-state index in [1.807, 2.05) is 0 Å². The Bertz CT molecular complexity index is 1120. The van der Waals surface area contributed by atoms with Crippen LogP contribution >= 0.6 is 0 Å². The highest BCUT2D eigenvalue weighted by molar-refractivity contribution is 5.80. The maximum absolute atomic E-state index is 13.1. The van der Waals surface area contributed by atoms with Crippen molar-refractivity contribution in [2.24, 2.45) is 0 Å². The Kier molecular flexibility index (Phi) is 42.5. The quantitative estimate of drug-likeness (QED) is 0.0215. The second kappa shape index (κ2) is 44.8. The number of hydrogen-bond donors (Lipinski definition) is 8. The molecule has 1 amide bonds. The second-order valence-electron chi connectivity index (χ2n) is 19.7. The maximum atomic E-state index is 13.1. The van der Waals surface area contributed by atoms with Crippen LogP contribution in [0.15, 0.2) is 24.3 Å². The average Bonchev–Trinajstić information content (AvgIpc) is 3.32. The van der Waals surface area contributed by atoms with Gasteiger partial charge in [-0.25, -0.2) is 0 Å². The number of aliphatic hydroxyl groups is 7. The van der Waals surface area contributed by atoms with E-state index < -0.39 is 74.2 Å². The van der Waals surface area contributed by atoms with E-state index >= 15 is 0 Å². The molecule has 0 aromatic rings. The molecule has 8 N–H and O–H groups in total. The van der Waals surface area contributed by atoms with Crippen molar-refractivity contribution in [2.45, 2.75) is 306 Å². The summed E-state index contributed by atoms with van der Waals surface area (Å²) in [6.07, 6.45) is 41.0. The van der Waals surface area contributed by atoms with E-state index in [1.54, 1.807) is 0 Å². The number of aliphatic hydroxyl groups excluding tert-OH is 7. The van der Waals surface area contributed by atoms with Crippen LogP contribution in [0.4, 0.5) is 0 Å². The smallest absolute Gasteiger partial charge is 0.249 e. The number of amides is 1. The van der Waals surface area contributed by atoms with Crippen LogP contribution in [0.5, 0.6) is 0 Å². The lowest BCUT2D eigenvalue weighted by Gasteiger charge is -2.40. The number of carbonyl (C=O) groups excluding carboxylic acids is 1. The van der Waals surface area contributed by atoms with Gasteiger partial charge in [0.15, 0.2) is 6.29 Å². The molecule has 0 aliphatic carbocycles. The fourth-order valence-corrected chi connectivity index (χ4v) is 8.94. The molecule has 1 aliphatic heterocycles. The van der Waals surface area contributed by atoms with Crippen LogP contribution in [0.3, 0.4) is 0 Å². The van der Waals surface area contributed by atoms with Crippen molar-refractivity contribution in [2.75, 3.05) is 13.2 Å². The molecule has 1 fully saturated rings. The zero-order valence-electron chi connectivity index (χ0n) is 42.4. The fraction of sp³-hybridized carbons (Fsp3) is 0.909. The topological polar surface area (TPSA) is 189 Å². The van der Waals surface area contributed by atoms with Gasteiger partial charge in [0.25, 0.3) is 0 Å². The molecule has 1 saturated heterocycles. The SMILES string of the molecule is CCCCCCCCCCC/C=C\C/C=C\CCCCCCCCCCCCCCC(O)C(=O)NC(COC1OC(CO)C(O)C(O)C1O)C(O)C(O)CCCCCCCCCCCCC. The van der Waals surface area contributed by atoms with Gasteiger partial charge in [-0.3, -0.25) is 4.79 Å². The Morgan fingerprint density at radius 2 is 0.924 bits per heavy atom. The summed E-state index contributed by atoms with van der Waals surface area (Å²) in [6.45, 7) is 3.45. The molecule has 0 bridgehead atoms. The third-order valence-corrected chi connectivity index (χ3v) is 13.5. The molecule has 9 atom stereocenters. The predicted octanol–water partition coefficient (Wildman–Crippen LogP) is 11.0. The van der Waals surface area contributed by atoms with Gasteiger partial charge in [-0.1, -0.05) is 231 Å². The van der Waals surface area contributed by atoms with Gasteiger partial charge in [-0.15, -0.1) is 0 Å². The van der Waals surface area contributed by atoms with Gasteiger partial charge in [0.1, 0.15) is 36.6 Å². The largest absolute Gasteiger partial charge is 0.394 e. The van der Waals surface area contributed by atoms with Crippen molar-refractivity contribution in [3.8, 4) is 0 Å². The van der Waals surface area contributed by atoms with Crippen molar-refractivity contribution in [1.29, 1.82) is 0 Å². The maximum Gasteiger partial charge on any atom is 0.249 e. The summed E-state index contributed by atoms with van der Waals surface area (Å²) in [6, 6.07) is -1.17. The highest BCUT2D eigenvalue weighted by Gasteiger charge is 2.44. The van der Waals surface area contributed by atoms with E-state index in [0.29, 0.717) is 19.3 Å². The van der Waals surface area contributed by atoms with E-state index in [4.69, 9.17) is 9.47 Å². The zero-order chi connectivity index (χ0) is 48.3. The average molecular weight is 940 g/mol. The molecule has 0 aromatic carbocycles. The number of ether oxygens (including phenoxy) is 2. The van der Waals surface area contributed by atoms with Crippen LogP contribution in [0.1, 0.15) is 251 Å². The minimum Gasteiger partial charge on any atom is -0.394 e. The molecule has 0 radical (unpaired) electrons. The van der Waals surface area contributed by atoms with Crippen LogP contribution in [0, 0.1) is 0 Å². The van der Waals surface area contributed by atoms with Crippen molar-refractivity contribution < 1.29 is 50.0 Å². The number of rotatable bonds is 47. The van der Waals surface area contributed by atoms with Gasteiger partial charge in [-0.2, -0.15) is 0 Å². The summed E-state index contributed by atoms with van der Waals surface area (Å²) in [5.41, 5.74) is 0. The molecule has 1 heterocycles.